The monoisotopic (exact) mass is 344 g/mol. The van der Waals surface area contributed by atoms with E-state index in [2.05, 4.69) is 15.5 Å². The number of hydrogen-bond acceptors (Lipinski definition) is 6. The number of carbonyl (C=O) groups is 3. The molecular formula is C16H16N4O3S. The highest BCUT2D eigenvalue weighted by Gasteiger charge is 2.36. The van der Waals surface area contributed by atoms with Gasteiger partial charge in [-0.3, -0.25) is 24.6 Å². The highest BCUT2D eigenvalue weighted by Crippen LogP contribution is 2.25. The Bertz CT molecular complexity index is 844. The van der Waals surface area contributed by atoms with Crippen LogP contribution in [0.25, 0.3) is 0 Å². The summed E-state index contributed by atoms with van der Waals surface area (Å²) in [7, 11) is 0. The number of carbonyl (C=O) groups excluding carboxylic acids is 3. The minimum absolute atomic E-state index is 0.177. The molecule has 1 aromatic carbocycles. The van der Waals surface area contributed by atoms with Crippen molar-refractivity contribution in [3.05, 3.63) is 39.9 Å². The predicted octanol–water partition coefficient (Wildman–Crippen LogP) is 2.35. The molecule has 8 heteroatoms. The van der Waals surface area contributed by atoms with E-state index in [1.165, 1.54) is 34.4 Å². The van der Waals surface area contributed by atoms with Gasteiger partial charge in [-0.25, -0.2) is 0 Å². The predicted molar refractivity (Wildman–Crippen MR) is 89.2 cm³/mol. The van der Waals surface area contributed by atoms with E-state index < -0.39 is 5.91 Å². The normalized spacial score (nSPS) is 13.6. The molecule has 24 heavy (non-hydrogen) atoms. The standard InChI is InChI=1S/C16H16N4O3S/c1-8(2)7-20-14(22)11-5-4-10(6-12(11)15(20)23)13(21)17-16-19-18-9(3)24-16/h4-6,8H,7H2,1-3H3,(H,17,19,21). The molecule has 0 atom stereocenters. The lowest BCUT2D eigenvalue weighted by molar-refractivity contribution is 0.0636. The van der Waals surface area contributed by atoms with Crippen molar-refractivity contribution in [2.75, 3.05) is 11.9 Å². The quantitative estimate of drug-likeness (QED) is 0.860. The average molecular weight is 344 g/mol. The Labute approximate surface area is 142 Å². The summed E-state index contributed by atoms with van der Waals surface area (Å²) in [6.45, 7) is 6.02. The number of nitrogens with zero attached hydrogens (tertiary/aromatic N) is 3. The molecule has 0 saturated carbocycles. The van der Waals surface area contributed by atoms with Gasteiger partial charge in [-0.15, -0.1) is 10.2 Å². The summed E-state index contributed by atoms with van der Waals surface area (Å²) < 4.78 is 0. The third-order valence-electron chi connectivity index (χ3n) is 3.53. The van der Waals surface area contributed by atoms with Crippen LogP contribution in [0.1, 0.15) is 49.9 Å². The summed E-state index contributed by atoms with van der Waals surface area (Å²) >= 11 is 1.26. The van der Waals surface area contributed by atoms with Crippen molar-refractivity contribution in [1.29, 1.82) is 0 Å². The van der Waals surface area contributed by atoms with Crippen molar-refractivity contribution in [2.45, 2.75) is 20.8 Å². The molecule has 3 rings (SSSR count). The number of hydrogen-bond donors (Lipinski definition) is 1. The lowest BCUT2D eigenvalue weighted by Crippen LogP contribution is -2.33. The zero-order valence-corrected chi connectivity index (χ0v) is 14.3. The van der Waals surface area contributed by atoms with Crippen LogP contribution in [0.5, 0.6) is 0 Å². The van der Waals surface area contributed by atoms with Gasteiger partial charge in [-0.1, -0.05) is 25.2 Å². The lowest BCUT2D eigenvalue weighted by atomic mass is 10.1. The fraction of sp³-hybridized carbons (Fsp3) is 0.312. The fourth-order valence-corrected chi connectivity index (χ4v) is 3.07. The highest BCUT2D eigenvalue weighted by molar-refractivity contribution is 7.15. The number of imide groups is 1. The van der Waals surface area contributed by atoms with E-state index >= 15 is 0 Å². The van der Waals surface area contributed by atoms with Gasteiger partial charge in [0.1, 0.15) is 5.01 Å². The van der Waals surface area contributed by atoms with Crippen LogP contribution in [0.15, 0.2) is 18.2 Å². The SMILES string of the molecule is Cc1nnc(NC(=O)c2ccc3c(c2)C(=O)N(CC(C)C)C3=O)s1. The number of rotatable bonds is 4. The van der Waals surface area contributed by atoms with Gasteiger partial charge < -0.3 is 0 Å². The second-order valence-corrected chi connectivity index (χ2v) is 7.14. The highest BCUT2D eigenvalue weighted by atomic mass is 32.1. The second kappa shape index (κ2) is 6.12. The van der Waals surface area contributed by atoms with Crippen molar-refractivity contribution in [3.63, 3.8) is 0 Å². The minimum Gasteiger partial charge on any atom is -0.296 e. The summed E-state index contributed by atoms with van der Waals surface area (Å²) in [5.74, 6) is -0.882. The van der Waals surface area contributed by atoms with Crippen molar-refractivity contribution in [2.24, 2.45) is 5.92 Å². The molecule has 3 amide bonds. The molecule has 0 aliphatic carbocycles. The topological polar surface area (TPSA) is 92.3 Å². The third-order valence-corrected chi connectivity index (χ3v) is 4.28. The summed E-state index contributed by atoms with van der Waals surface area (Å²) in [6, 6.07) is 4.52. The number of fused-ring (bicyclic) bond motifs is 1. The molecule has 1 aliphatic heterocycles. The van der Waals surface area contributed by atoms with Gasteiger partial charge >= 0.3 is 0 Å². The van der Waals surface area contributed by atoms with E-state index in [-0.39, 0.29) is 23.3 Å². The van der Waals surface area contributed by atoms with Gasteiger partial charge in [-0.2, -0.15) is 0 Å². The molecule has 2 aromatic rings. The van der Waals surface area contributed by atoms with Gasteiger partial charge in [0.25, 0.3) is 17.7 Å². The van der Waals surface area contributed by atoms with E-state index in [0.717, 1.165) is 5.01 Å². The second-order valence-electron chi connectivity index (χ2n) is 5.96. The zero-order chi connectivity index (χ0) is 17.4. The Morgan fingerprint density at radius 1 is 1.21 bits per heavy atom. The Balaban J connectivity index is 1.85. The summed E-state index contributed by atoms with van der Waals surface area (Å²) in [4.78, 5) is 38.3. The number of aromatic nitrogens is 2. The van der Waals surface area contributed by atoms with Gasteiger partial charge in [-0.05, 0) is 31.0 Å². The maximum absolute atomic E-state index is 12.4. The van der Waals surface area contributed by atoms with Crippen LogP contribution in [0, 0.1) is 12.8 Å². The zero-order valence-electron chi connectivity index (χ0n) is 13.5. The van der Waals surface area contributed by atoms with Crippen molar-refractivity contribution < 1.29 is 14.4 Å². The molecule has 1 aliphatic rings. The number of benzene rings is 1. The van der Waals surface area contributed by atoms with Crippen molar-refractivity contribution in [1.82, 2.24) is 15.1 Å². The van der Waals surface area contributed by atoms with Crippen LogP contribution in [-0.2, 0) is 0 Å². The van der Waals surface area contributed by atoms with Gasteiger partial charge in [0, 0.05) is 12.1 Å². The van der Waals surface area contributed by atoms with Crippen molar-refractivity contribution in [3.8, 4) is 0 Å². The summed E-state index contributed by atoms with van der Waals surface area (Å²) in [6.07, 6.45) is 0. The van der Waals surface area contributed by atoms with E-state index in [1.54, 1.807) is 6.92 Å². The molecule has 0 saturated heterocycles. The van der Waals surface area contributed by atoms with E-state index in [4.69, 9.17) is 0 Å². The number of anilines is 1. The van der Waals surface area contributed by atoms with E-state index in [9.17, 15) is 14.4 Å². The van der Waals surface area contributed by atoms with Crippen LogP contribution in [-0.4, -0.2) is 39.4 Å². The molecule has 0 fully saturated rings. The molecule has 2 heterocycles. The van der Waals surface area contributed by atoms with E-state index in [1.807, 2.05) is 13.8 Å². The first kappa shape index (κ1) is 16.3. The lowest BCUT2D eigenvalue weighted by Gasteiger charge is -2.15. The molecule has 0 bridgehead atoms. The van der Waals surface area contributed by atoms with Crippen LogP contribution in [0.3, 0.4) is 0 Å². The maximum atomic E-state index is 12.4. The van der Waals surface area contributed by atoms with Gasteiger partial charge in [0.2, 0.25) is 5.13 Å². The van der Waals surface area contributed by atoms with Crippen LogP contribution < -0.4 is 5.32 Å². The molecule has 0 radical (unpaired) electrons. The molecule has 1 N–H and O–H groups in total. The van der Waals surface area contributed by atoms with Gasteiger partial charge in [0.15, 0.2) is 0 Å². The largest absolute Gasteiger partial charge is 0.296 e. The Kier molecular flexibility index (Phi) is 4.15. The average Bonchev–Trinajstić information content (AvgIpc) is 3.04. The number of aryl methyl sites for hydroxylation is 1. The Hall–Kier alpha value is -2.61. The summed E-state index contributed by atoms with van der Waals surface area (Å²) in [5, 5.41) is 11.4. The maximum Gasteiger partial charge on any atom is 0.261 e. The van der Waals surface area contributed by atoms with Crippen LogP contribution in [0.2, 0.25) is 0 Å². The third kappa shape index (κ3) is 2.92. The minimum atomic E-state index is -0.392. The fourth-order valence-electron chi connectivity index (χ4n) is 2.48. The number of nitrogens with one attached hydrogen (secondary N) is 1. The molecule has 7 nitrogen and oxygen atoms in total. The Morgan fingerprint density at radius 2 is 1.92 bits per heavy atom. The molecule has 0 unspecified atom stereocenters. The first-order chi connectivity index (χ1) is 11.4. The first-order valence-electron chi connectivity index (χ1n) is 7.48. The smallest absolute Gasteiger partial charge is 0.261 e. The first-order valence-corrected chi connectivity index (χ1v) is 8.30. The van der Waals surface area contributed by atoms with Crippen LogP contribution in [0.4, 0.5) is 5.13 Å². The number of amides is 3. The van der Waals surface area contributed by atoms with Gasteiger partial charge in [0.05, 0.1) is 11.1 Å². The molecule has 0 spiro atoms. The van der Waals surface area contributed by atoms with E-state index in [0.29, 0.717) is 22.8 Å². The molecular weight excluding hydrogens is 328 g/mol. The van der Waals surface area contributed by atoms with Crippen LogP contribution >= 0.6 is 11.3 Å². The van der Waals surface area contributed by atoms with Crippen molar-refractivity contribution >= 4 is 34.2 Å². The summed E-state index contributed by atoms with van der Waals surface area (Å²) in [5.41, 5.74) is 0.903. The molecule has 1 aromatic heterocycles. The Morgan fingerprint density at radius 3 is 2.54 bits per heavy atom. The molecule has 124 valence electrons.